The van der Waals surface area contributed by atoms with E-state index < -0.39 is 5.92 Å². The second-order valence-electron chi connectivity index (χ2n) is 8.73. The van der Waals surface area contributed by atoms with Crippen molar-refractivity contribution in [2.45, 2.75) is 32.6 Å². The number of carbonyl (C=O) groups excluding carboxylic acids is 1. The highest BCUT2D eigenvalue weighted by Crippen LogP contribution is 2.50. The molecule has 2 aromatic carbocycles. The van der Waals surface area contributed by atoms with Crippen molar-refractivity contribution in [1.82, 2.24) is 0 Å². The van der Waals surface area contributed by atoms with Gasteiger partial charge in [0.25, 0.3) is 0 Å². The molecule has 0 saturated carbocycles. The molecule has 0 fully saturated rings. The fourth-order valence-electron chi connectivity index (χ4n) is 4.52. The van der Waals surface area contributed by atoms with E-state index in [2.05, 4.69) is 35.8 Å². The number of allylic oxidation sites excluding steroid dienone is 3. The summed E-state index contributed by atoms with van der Waals surface area (Å²) >= 11 is 3.47. The van der Waals surface area contributed by atoms with Gasteiger partial charge in [0, 0.05) is 27.9 Å². The van der Waals surface area contributed by atoms with E-state index in [1.807, 2.05) is 53.4 Å². The number of Topliss-reactive ketones (excluding diaryl/α,β-unsaturated/α-hetero) is 1. The van der Waals surface area contributed by atoms with Crippen molar-refractivity contribution in [3.8, 4) is 11.8 Å². The summed E-state index contributed by atoms with van der Waals surface area (Å²) in [6.45, 7) is 4.19. The number of benzene rings is 2. The quantitative estimate of drug-likeness (QED) is 0.639. The molecule has 0 aromatic heterocycles. The van der Waals surface area contributed by atoms with Gasteiger partial charge in [-0.3, -0.25) is 9.69 Å². The van der Waals surface area contributed by atoms with Gasteiger partial charge in [0.05, 0.1) is 24.7 Å². The number of carbonyl (C=O) groups is 1. The number of hydrogen-bond acceptors (Lipinski definition) is 5. The SMILES string of the molecule is COc1ccc(C2C(C#N)=C(N)N(c3ccc(Br)cc3)C3=C2C(=O)CC(C)(C)C3)cc1. The van der Waals surface area contributed by atoms with E-state index in [1.165, 1.54) is 0 Å². The van der Waals surface area contributed by atoms with E-state index in [4.69, 9.17) is 10.5 Å². The first-order chi connectivity index (χ1) is 14.8. The Hall–Kier alpha value is -3.04. The lowest BCUT2D eigenvalue weighted by Crippen LogP contribution is -2.42. The Bertz CT molecular complexity index is 1140. The first kappa shape index (κ1) is 21.2. The van der Waals surface area contributed by atoms with Gasteiger partial charge in [-0.2, -0.15) is 5.26 Å². The van der Waals surface area contributed by atoms with E-state index in [1.54, 1.807) is 7.11 Å². The molecule has 0 spiro atoms. The molecule has 158 valence electrons. The van der Waals surface area contributed by atoms with Gasteiger partial charge in [0.15, 0.2) is 5.78 Å². The molecule has 1 unspecified atom stereocenters. The van der Waals surface area contributed by atoms with Crippen LogP contribution in [-0.4, -0.2) is 12.9 Å². The van der Waals surface area contributed by atoms with Crippen LogP contribution in [0.25, 0.3) is 0 Å². The lowest BCUT2D eigenvalue weighted by atomic mass is 9.68. The summed E-state index contributed by atoms with van der Waals surface area (Å²) in [5, 5.41) is 10.1. The Labute approximate surface area is 190 Å². The Kier molecular flexibility index (Phi) is 5.40. The topological polar surface area (TPSA) is 79.3 Å². The van der Waals surface area contributed by atoms with Gasteiger partial charge in [-0.05, 0) is 53.8 Å². The van der Waals surface area contributed by atoms with Crippen LogP contribution in [0.15, 0.2) is 75.7 Å². The molecule has 6 heteroatoms. The number of methoxy groups -OCH3 is 1. The van der Waals surface area contributed by atoms with Crippen molar-refractivity contribution in [2.75, 3.05) is 12.0 Å². The van der Waals surface area contributed by atoms with Crippen molar-refractivity contribution in [2.24, 2.45) is 11.1 Å². The third kappa shape index (κ3) is 3.75. The molecule has 1 aliphatic heterocycles. The largest absolute Gasteiger partial charge is 0.497 e. The number of hydrogen-bond donors (Lipinski definition) is 1. The third-order valence-corrected chi connectivity index (χ3v) is 6.44. The maximum atomic E-state index is 13.5. The van der Waals surface area contributed by atoms with Crippen molar-refractivity contribution < 1.29 is 9.53 Å². The number of anilines is 1. The molecule has 0 bridgehead atoms. The summed E-state index contributed by atoms with van der Waals surface area (Å²) in [5.74, 6) is 0.669. The minimum atomic E-state index is -0.485. The Morgan fingerprint density at radius 3 is 2.35 bits per heavy atom. The third-order valence-electron chi connectivity index (χ3n) is 5.91. The van der Waals surface area contributed by atoms with Crippen LogP contribution >= 0.6 is 15.9 Å². The Balaban J connectivity index is 1.96. The van der Waals surface area contributed by atoms with Crippen LogP contribution in [0.3, 0.4) is 0 Å². The minimum absolute atomic E-state index is 0.0643. The average Bonchev–Trinajstić information content (AvgIpc) is 2.73. The van der Waals surface area contributed by atoms with E-state index in [0.717, 1.165) is 27.2 Å². The number of ketones is 1. The lowest BCUT2D eigenvalue weighted by molar-refractivity contribution is -0.118. The van der Waals surface area contributed by atoms with Gasteiger partial charge >= 0.3 is 0 Å². The predicted molar refractivity (Wildman–Crippen MR) is 124 cm³/mol. The molecule has 31 heavy (non-hydrogen) atoms. The zero-order valence-corrected chi connectivity index (χ0v) is 19.4. The van der Waals surface area contributed by atoms with Crippen LogP contribution in [0, 0.1) is 16.7 Å². The number of nitriles is 1. The molecule has 4 rings (SSSR count). The lowest BCUT2D eigenvalue weighted by Gasteiger charge is -2.43. The number of rotatable bonds is 3. The van der Waals surface area contributed by atoms with Crippen LogP contribution in [0.2, 0.25) is 0 Å². The Morgan fingerprint density at radius 2 is 1.77 bits per heavy atom. The number of ether oxygens (including phenoxy) is 1. The van der Waals surface area contributed by atoms with Crippen molar-refractivity contribution in [3.63, 3.8) is 0 Å². The molecule has 0 amide bonds. The molecule has 0 saturated heterocycles. The van der Waals surface area contributed by atoms with Crippen LogP contribution in [0.5, 0.6) is 5.75 Å². The first-order valence-corrected chi connectivity index (χ1v) is 10.9. The summed E-state index contributed by atoms with van der Waals surface area (Å²) in [4.78, 5) is 15.3. The second kappa shape index (κ2) is 7.90. The van der Waals surface area contributed by atoms with Gasteiger partial charge in [0.1, 0.15) is 11.6 Å². The summed E-state index contributed by atoms with van der Waals surface area (Å²) in [5.41, 5.74) is 10.1. The summed E-state index contributed by atoms with van der Waals surface area (Å²) in [7, 11) is 1.61. The zero-order chi connectivity index (χ0) is 22.3. The van der Waals surface area contributed by atoms with Gasteiger partial charge in [-0.25, -0.2) is 0 Å². The molecule has 2 aromatic rings. The molecular weight excluding hydrogens is 454 g/mol. The second-order valence-corrected chi connectivity index (χ2v) is 9.65. The fourth-order valence-corrected chi connectivity index (χ4v) is 4.79. The normalized spacial score (nSPS) is 20.4. The van der Waals surface area contributed by atoms with Gasteiger partial charge in [0.2, 0.25) is 0 Å². The molecule has 5 nitrogen and oxygen atoms in total. The molecule has 2 N–H and O–H groups in total. The minimum Gasteiger partial charge on any atom is -0.497 e. The maximum Gasteiger partial charge on any atom is 0.162 e. The van der Waals surface area contributed by atoms with E-state index in [-0.39, 0.29) is 11.2 Å². The molecule has 2 aliphatic rings. The highest BCUT2D eigenvalue weighted by molar-refractivity contribution is 9.10. The average molecular weight is 478 g/mol. The predicted octanol–water partition coefficient (Wildman–Crippen LogP) is 5.40. The summed E-state index contributed by atoms with van der Waals surface area (Å²) in [6.07, 6.45) is 1.13. The number of nitrogens with two attached hydrogens (primary N) is 1. The van der Waals surface area contributed by atoms with Crippen LogP contribution in [-0.2, 0) is 4.79 Å². The van der Waals surface area contributed by atoms with Crippen molar-refractivity contribution >= 4 is 27.4 Å². The zero-order valence-electron chi connectivity index (χ0n) is 17.8. The molecule has 0 radical (unpaired) electrons. The van der Waals surface area contributed by atoms with E-state index in [0.29, 0.717) is 29.8 Å². The number of halogens is 1. The smallest absolute Gasteiger partial charge is 0.162 e. The van der Waals surface area contributed by atoms with Crippen LogP contribution in [0.4, 0.5) is 5.69 Å². The van der Waals surface area contributed by atoms with Crippen molar-refractivity contribution in [3.05, 3.63) is 81.2 Å². The monoisotopic (exact) mass is 477 g/mol. The summed E-state index contributed by atoms with van der Waals surface area (Å²) < 4.78 is 6.22. The van der Waals surface area contributed by atoms with Gasteiger partial charge < -0.3 is 10.5 Å². The molecule has 1 atom stereocenters. The first-order valence-electron chi connectivity index (χ1n) is 10.1. The summed E-state index contributed by atoms with van der Waals surface area (Å²) in [6, 6.07) is 17.5. The van der Waals surface area contributed by atoms with Crippen LogP contribution in [0.1, 0.15) is 38.2 Å². The van der Waals surface area contributed by atoms with E-state index in [9.17, 15) is 10.1 Å². The number of nitrogens with zero attached hydrogens (tertiary/aromatic N) is 2. The van der Waals surface area contributed by atoms with Gasteiger partial charge in [-0.15, -0.1) is 0 Å². The van der Waals surface area contributed by atoms with Crippen LogP contribution < -0.4 is 15.4 Å². The maximum absolute atomic E-state index is 13.5. The van der Waals surface area contributed by atoms with E-state index >= 15 is 0 Å². The fraction of sp³-hybridized carbons (Fsp3) is 0.280. The molecule has 1 aliphatic carbocycles. The Morgan fingerprint density at radius 1 is 1.13 bits per heavy atom. The highest BCUT2D eigenvalue weighted by Gasteiger charge is 2.44. The standard InChI is InChI=1S/C25H24BrN3O2/c1-25(2)12-20-23(21(30)13-25)22(15-4-10-18(31-3)11-5-15)19(14-27)24(28)29(20)17-8-6-16(26)7-9-17/h4-11,22H,12-13,28H2,1-3H3. The molecule has 1 heterocycles. The van der Waals surface area contributed by atoms with Crippen molar-refractivity contribution in [1.29, 1.82) is 5.26 Å². The van der Waals surface area contributed by atoms with Gasteiger partial charge in [-0.1, -0.05) is 41.9 Å². The molecular formula is C25H24BrN3O2. The highest BCUT2D eigenvalue weighted by atomic mass is 79.9.